The zero-order chi connectivity index (χ0) is 21.7. The number of nitrogens with zero attached hydrogens (tertiary/aromatic N) is 2. The molecule has 0 aromatic rings. The molecule has 1 unspecified atom stereocenters. The van der Waals surface area contributed by atoms with Crippen LogP contribution in [-0.2, 0) is 4.79 Å². The van der Waals surface area contributed by atoms with E-state index in [1.165, 1.54) is 96.3 Å². The summed E-state index contributed by atoms with van der Waals surface area (Å²) in [4.78, 5) is 17.0. The summed E-state index contributed by atoms with van der Waals surface area (Å²) >= 11 is 0. The molecule has 0 aliphatic rings. The molecular formula is C24H49N3O2. The molecule has 0 saturated heterocycles. The molecule has 0 saturated carbocycles. The highest BCUT2D eigenvalue weighted by molar-refractivity contribution is 5.82. The van der Waals surface area contributed by atoms with E-state index in [2.05, 4.69) is 11.9 Å². The average molecular weight is 412 g/mol. The second kappa shape index (κ2) is 20.0. The van der Waals surface area contributed by atoms with Crippen molar-refractivity contribution >= 4 is 11.9 Å². The van der Waals surface area contributed by atoms with Crippen LogP contribution in [0.2, 0.25) is 0 Å². The molecule has 0 bridgehead atoms. The fourth-order valence-electron chi connectivity index (χ4n) is 3.58. The van der Waals surface area contributed by atoms with Gasteiger partial charge < -0.3 is 15.7 Å². The van der Waals surface area contributed by atoms with E-state index >= 15 is 0 Å². The first-order chi connectivity index (χ1) is 14.0. The molecule has 0 heterocycles. The predicted octanol–water partition coefficient (Wildman–Crippen LogP) is 6.36. The molecular weight excluding hydrogens is 362 g/mol. The normalized spacial score (nSPS) is 12.9. The second-order valence-corrected chi connectivity index (χ2v) is 8.68. The lowest BCUT2D eigenvalue weighted by Gasteiger charge is -2.14. The van der Waals surface area contributed by atoms with E-state index in [1.54, 1.807) is 19.0 Å². The quantitative estimate of drug-likeness (QED) is 0.139. The molecule has 0 spiro atoms. The van der Waals surface area contributed by atoms with Gasteiger partial charge in [0.15, 0.2) is 12.0 Å². The van der Waals surface area contributed by atoms with Crippen molar-refractivity contribution in [1.82, 2.24) is 4.90 Å². The molecule has 0 aliphatic heterocycles. The monoisotopic (exact) mass is 411 g/mol. The first-order valence-corrected chi connectivity index (χ1v) is 12.2. The van der Waals surface area contributed by atoms with E-state index in [4.69, 9.17) is 5.73 Å². The molecule has 29 heavy (non-hydrogen) atoms. The maximum Gasteiger partial charge on any atom is 0.328 e. The lowest BCUT2D eigenvalue weighted by molar-refractivity contribution is -0.138. The summed E-state index contributed by atoms with van der Waals surface area (Å²) < 4.78 is 0. The van der Waals surface area contributed by atoms with E-state index < -0.39 is 12.0 Å². The number of carboxylic acid groups (broad SMARTS) is 1. The van der Waals surface area contributed by atoms with Crippen LogP contribution in [0.25, 0.3) is 0 Å². The summed E-state index contributed by atoms with van der Waals surface area (Å²) in [7, 11) is 3.54. The number of carboxylic acids is 1. The lowest BCUT2D eigenvalue weighted by Crippen LogP contribution is -2.33. The van der Waals surface area contributed by atoms with Crippen molar-refractivity contribution in [3.8, 4) is 0 Å². The molecule has 0 radical (unpaired) electrons. The number of carbonyl (C=O) groups is 1. The molecule has 0 rings (SSSR count). The van der Waals surface area contributed by atoms with Gasteiger partial charge in [-0.05, 0) is 6.42 Å². The van der Waals surface area contributed by atoms with Gasteiger partial charge in [-0.25, -0.2) is 9.79 Å². The zero-order valence-corrected chi connectivity index (χ0v) is 19.6. The van der Waals surface area contributed by atoms with Crippen LogP contribution in [0.4, 0.5) is 0 Å². The van der Waals surface area contributed by atoms with Gasteiger partial charge in [-0.15, -0.1) is 0 Å². The van der Waals surface area contributed by atoms with Gasteiger partial charge in [0.05, 0.1) is 0 Å². The van der Waals surface area contributed by atoms with E-state index in [9.17, 15) is 9.90 Å². The smallest absolute Gasteiger partial charge is 0.328 e. The summed E-state index contributed by atoms with van der Waals surface area (Å²) in [6.45, 7) is 2.28. The largest absolute Gasteiger partial charge is 0.480 e. The number of hydrogen-bond acceptors (Lipinski definition) is 2. The third-order valence-electron chi connectivity index (χ3n) is 5.61. The minimum Gasteiger partial charge on any atom is -0.480 e. The van der Waals surface area contributed by atoms with Crippen LogP contribution in [-0.4, -0.2) is 42.1 Å². The van der Waals surface area contributed by atoms with Crippen LogP contribution in [0.1, 0.15) is 122 Å². The molecule has 0 aromatic heterocycles. The Bertz CT molecular complexity index is 411. The van der Waals surface area contributed by atoms with Crippen LogP contribution in [0.3, 0.4) is 0 Å². The first kappa shape index (κ1) is 27.7. The summed E-state index contributed by atoms with van der Waals surface area (Å²) in [5, 5.41) is 9.26. The van der Waals surface area contributed by atoms with Crippen molar-refractivity contribution in [2.75, 3.05) is 14.1 Å². The topological polar surface area (TPSA) is 78.9 Å². The Hall–Kier alpha value is -1.26. The molecule has 3 N–H and O–H groups in total. The van der Waals surface area contributed by atoms with Gasteiger partial charge in [-0.1, -0.05) is 116 Å². The van der Waals surface area contributed by atoms with Gasteiger partial charge in [-0.2, -0.15) is 0 Å². The highest BCUT2D eigenvalue weighted by Gasteiger charge is 2.16. The Morgan fingerprint density at radius 2 is 1.10 bits per heavy atom. The van der Waals surface area contributed by atoms with E-state index in [1.807, 2.05) is 0 Å². The summed E-state index contributed by atoms with van der Waals surface area (Å²) in [5.74, 6) is -0.601. The third kappa shape index (κ3) is 18.5. The zero-order valence-electron chi connectivity index (χ0n) is 19.6. The van der Waals surface area contributed by atoms with Crippen molar-refractivity contribution in [3.63, 3.8) is 0 Å². The molecule has 1 atom stereocenters. The number of unbranched alkanes of at least 4 members (excludes halogenated alkanes) is 16. The average Bonchev–Trinajstić information content (AvgIpc) is 2.68. The van der Waals surface area contributed by atoms with E-state index in [0.29, 0.717) is 6.42 Å². The van der Waals surface area contributed by atoms with Gasteiger partial charge in [0, 0.05) is 14.1 Å². The maximum absolute atomic E-state index is 11.3. The Morgan fingerprint density at radius 1 is 0.759 bits per heavy atom. The first-order valence-electron chi connectivity index (χ1n) is 12.2. The van der Waals surface area contributed by atoms with Gasteiger partial charge in [0.25, 0.3) is 0 Å². The van der Waals surface area contributed by atoms with Crippen LogP contribution in [0.5, 0.6) is 0 Å². The van der Waals surface area contributed by atoms with E-state index in [0.717, 1.165) is 12.8 Å². The van der Waals surface area contributed by atoms with Crippen molar-refractivity contribution in [1.29, 1.82) is 0 Å². The Balaban J connectivity index is 3.42. The lowest BCUT2D eigenvalue weighted by atomic mass is 10.0. The standard InChI is InChI=1S/C24H49N3O2/c1-4-5-6-7-8-9-10-11-12-13-14-15-16-17-18-19-20-21-22(23(28)29)26-24(25)27(2)3/h22H,4-21H2,1-3H3,(H2,25,26)(H,28,29). The van der Waals surface area contributed by atoms with Crippen LogP contribution in [0.15, 0.2) is 4.99 Å². The highest BCUT2D eigenvalue weighted by atomic mass is 16.4. The summed E-state index contributed by atoms with van der Waals surface area (Å²) in [6.07, 6.45) is 23.1. The molecule has 0 aromatic carbocycles. The summed E-state index contributed by atoms with van der Waals surface area (Å²) in [5.41, 5.74) is 5.73. The van der Waals surface area contributed by atoms with E-state index in [-0.39, 0.29) is 5.96 Å². The van der Waals surface area contributed by atoms with Gasteiger partial charge >= 0.3 is 5.97 Å². The van der Waals surface area contributed by atoms with Crippen molar-refractivity contribution in [2.45, 2.75) is 129 Å². The SMILES string of the molecule is CCCCCCCCCCCCCCCCCCCC(N=C(N)N(C)C)C(=O)O. The molecule has 172 valence electrons. The number of rotatable bonds is 20. The molecule has 5 nitrogen and oxygen atoms in total. The van der Waals surface area contributed by atoms with Gasteiger partial charge in [0.1, 0.15) is 0 Å². The van der Waals surface area contributed by atoms with Crippen molar-refractivity contribution < 1.29 is 9.90 Å². The Kier molecular flexibility index (Phi) is 19.2. The molecule has 0 aliphatic carbocycles. The molecule has 0 amide bonds. The second-order valence-electron chi connectivity index (χ2n) is 8.68. The predicted molar refractivity (Wildman–Crippen MR) is 126 cm³/mol. The minimum absolute atomic E-state index is 0.282. The highest BCUT2D eigenvalue weighted by Crippen LogP contribution is 2.15. The third-order valence-corrected chi connectivity index (χ3v) is 5.61. The summed E-state index contributed by atoms with van der Waals surface area (Å²) in [6, 6.07) is -0.714. The molecule has 5 heteroatoms. The van der Waals surface area contributed by atoms with Crippen LogP contribution in [0, 0.1) is 0 Å². The van der Waals surface area contributed by atoms with Crippen LogP contribution < -0.4 is 5.73 Å². The number of guanidine groups is 1. The fraction of sp³-hybridized carbons (Fsp3) is 0.917. The number of nitrogens with two attached hydrogens (primary N) is 1. The van der Waals surface area contributed by atoms with Gasteiger partial charge in [0.2, 0.25) is 0 Å². The van der Waals surface area contributed by atoms with Crippen LogP contribution >= 0.6 is 0 Å². The van der Waals surface area contributed by atoms with Crippen molar-refractivity contribution in [3.05, 3.63) is 0 Å². The number of aliphatic carboxylic acids is 1. The minimum atomic E-state index is -0.883. The van der Waals surface area contributed by atoms with Crippen molar-refractivity contribution in [2.24, 2.45) is 10.7 Å². The Morgan fingerprint density at radius 3 is 1.41 bits per heavy atom. The maximum atomic E-state index is 11.3. The number of aliphatic imine (C=N–C) groups is 1. The Labute approximate surface area is 180 Å². The van der Waals surface area contributed by atoms with Gasteiger partial charge in [-0.3, -0.25) is 0 Å². The fourth-order valence-corrected chi connectivity index (χ4v) is 3.58. The number of hydrogen-bond donors (Lipinski definition) is 2. The molecule has 0 fully saturated rings.